The molecule has 72 valence electrons. The molecule has 2 rings (SSSR count). The Morgan fingerprint density at radius 1 is 1.14 bits per heavy atom. The monoisotopic (exact) mass is 188 g/mol. The lowest BCUT2D eigenvalue weighted by Crippen LogP contribution is -2.11. The second-order valence-electron chi connectivity index (χ2n) is 3.29. The lowest BCUT2D eigenvalue weighted by Gasteiger charge is -2.09. The molecule has 3 nitrogen and oxygen atoms in total. The molecule has 0 aliphatic rings. The number of aromatic amines is 2. The molecule has 0 unspecified atom stereocenters. The summed E-state index contributed by atoms with van der Waals surface area (Å²) in [5, 5.41) is 0. The fraction of sp³-hybridized carbons (Fsp3) is 0.182. The molecule has 2 aromatic heterocycles. The minimum absolute atomic E-state index is 0.134. The van der Waals surface area contributed by atoms with Crippen LogP contribution in [0.4, 0.5) is 0 Å². The summed E-state index contributed by atoms with van der Waals surface area (Å²) in [6.45, 7) is 1.60. The number of Topliss-reactive ketones (excluding diaryl/α,β-unsaturated/α-hetero) is 1. The standard InChI is InChI=1S/C11H12N2O/c1-8(14)11(9-4-2-6-12-9)10-5-3-7-13-10/h2-7,11-13H,1H3. The summed E-state index contributed by atoms with van der Waals surface area (Å²) in [6, 6.07) is 7.64. The van der Waals surface area contributed by atoms with Gasteiger partial charge < -0.3 is 9.97 Å². The maximum absolute atomic E-state index is 11.5. The van der Waals surface area contributed by atoms with Gasteiger partial charge >= 0.3 is 0 Å². The summed E-state index contributed by atoms with van der Waals surface area (Å²) >= 11 is 0. The maximum Gasteiger partial charge on any atom is 0.144 e. The van der Waals surface area contributed by atoms with Crippen LogP contribution in [0.15, 0.2) is 36.7 Å². The quantitative estimate of drug-likeness (QED) is 0.761. The van der Waals surface area contributed by atoms with Crippen LogP contribution >= 0.6 is 0 Å². The van der Waals surface area contributed by atoms with Gasteiger partial charge in [0, 0.05) is 23.8 Å². The first kappa shape index (κ1) is 8.81. The molecule has 0 radical (unpaired) electrons. The van der Waals surface area contributed by atoms with Crippen molar-refractivity contribution in [3.8, 4) is 0 Å². The Bertz CT molecular complexity index is 366. The number of hydrogen-bond donors (Lipinski definition) is 2. The van der Waals surface area contributed by atoms with E-state index in [2.05, 4.69) is 9.97 Å². The Kier molecular flexibility index (Phi) is 2.23. The highest BCUT2D eigenvalue weighted by atomic mass is 16.1. The van der Waals surface area contributed by atoms with Crippen LogP contribution in [0.2, 0.25) is 0 Å². The summed E-state index contributed by atoms with van der Waals surface area (Å²) < 4.78 is 0. The summed E-state index contributed by atoms with van der Waals surface area (Å²) in [5.74, 6) is -0.0603. The van der Waals surface area contributed by atoms with Crippen molar-refractivity contribution in [2.24, 2.45) is 0 Å². The minimum atomic E-state index is -0.194. The minimum Gasteiger partial charge on any atom is -0.364 e. The zero-order valence-corrected chi connectivity index (χ0v) is 7.95. The highest BCUT2D eigenvalue weighted by molar-refractivity contribution is 5.85. The van der Waals surface area contributed by atoms with Gasteiger partial charge in [-0.25, -0.2) is 0 Å². The molecule has 0 amide bonds. The molecule has 0 aliphatic carbocycles. The van der Waals surface area contributed by atoms with Gasteiger partial charge in [-0.1, -0.05) is 0 Å². The summed E-state index contributed by atoms with van der Waals surface area (Å²) in [7, 11) is 0. The molecule has 0 aliphatic heterocycles. The van der Waals surface area contributed by atoms with Crippen LogP contribution in [-0.2, 0) is 4.79 Å². The fourth-order valence-corrected chi connectivity index (χ4v) is 1.65. The lowest BCUT2D eigenvalue weighted by molar-refractivity contribution is -0.117. The first-order valence-corrected chi connectivity index (χ1v) is 4.56. The zero-order chi connectivity index (χ0) is 9.97. The van der Waals surface area contributed by atoms with Crippen LogP contribution in [0.1, 0.15) is 24.2 Å². The molecule has 2 N–H and O–H groups in total. The topological polar surface area (TPSA) is 48.6 Å². The van der Waals surface area contributed by atoms with Crippen molar-refractivity contribution in [2.45, 2.75) is 12.8 Å². The van der Waals surface area contributed by atoms with Gasteiger partial charge in [-0.05, 0) is 31.2 Å². The number of nitrogens with one attached hydrogen (secondary N) is 2. The number of hydrogen-bond acceptors (Lipinski definition) is 1. The number of carbonyl (C=O) groups excluding carboxylic acids is 1. The number of rotatable bonds is 3. The molecule has 0 spiro atoms. The average Bonchev–Trinajstić information content (AvgIpc) is 2.75. The van der Waals surface area contributed by atoms with Gasteiger partial charge in [-0.3, -0.25) is 4.79 Å². The van der Waals surface area contributed by atoms with Gasteiger partial charge in [0.1, 0.15) is 5.78 Å². The first-order valence-electron chi connectivity index (χ1n) is 4.56. The molecule has 2 aromatic rings. The van der Waals surface area contributed by atoms with Gasteiger partial charge in [-0.2, -0.15) is 0 Å². The highest BCUT2D eigenvalue weighted by Gasteiger charge is 2.20. The van der Waals surface area contributed by atoms with Crippen LogP contribution in [0.25, 0.3) is 0 Å². The van der Waals surface area contributed by atoms with E-state index in [4.69, 9.17) is 0 Å². The molecular weight excluding hydrogens is 176 g/mol. The predicted octanol–water partition coefficient (Wildman–Crippen LogP) is 2.06. The van der Waals surface area contributed by atoms with E-state index in [0.29, 0.717) is 0 Å². The van der Waals surface area contributed by atoms with Crippen LogP contribution < -0.4 is 0 Å². The zero-order valence-electron chi connectivity index (χ0n) is 7.95. The third kappa shape index (κ3) is 1.48. The van der Waals surface area contributed by atoms with Crippen molar-refractivity contribution in [1.29, 1.82) is 0 Å². The van der Waals surface area contributed by atoms with E-state index < -0.39 is 0 Å². The Hall–Kier alpha value is -1.77. The van der Waals surface area contributed by atoms with Crippen LogP contribution in [0, 0.1) is 0 Å². The van der Waals surface area contributed by atoms with E-state index >= 15 is 0 Å². The predicted molar refractivity (Wildman–Crippen MR) is 54.1 cm³/mol. The molecule has 0 atom stereocenters. The smallest absolute Gasteiger partial charge is 0.144 e. The molecule has 0 saturated heterocycles. The largest absolute Gasteiger partial charge is 0.364 e. The first-order chi connectivity index (χ1) is 6.79. The maximum atomic E-state index is 11.5. The van der Waals surface area contributed by atoms with Gasteiger partial charge in [0.2, 0.25) is 0 Å². The summed E-state index contributed by atoms with van der Waals surface area (Å²) in [4.78, 5) is 17.6. The van der Waals surface area contributed by atoms with Crippen molar-refractivity contribution >= 4 is 5.78 Å². The third-order valence-electron chi connectivity index (χ3n) is 2.27. The van der Waals surface area contributed by atoms with Crippen molar-refractivity contribution in [3.05, 3.63) is 48.0 Å². The van der Waals surface area contributed by atoms with E-state index in [1.807, 2.05) is 36.7 Å². The third-order valence-corrected chi connectivity index (χ3v) is 2.27. The van der Waals surface area contributed by atoms with Crippen LogP contribution in [0.3, 0.4) is 0 Å². The highest BCUT2D eigenvalue weighted by Crippen LogP contribution is 2.22. The van der Waals surface area contributed by atoms with Gasteiger partial charge in [0.15, 0.2) is 0 Å². The Balaban J connectivity index is 2.40. The lowest BCUT2D eigenvalue weighted by atomic mass is 9.98. The Labute approximate surface area is 82.2 Å². The van der Waals surface area contributed by atoms with Crippen molar-refractivity contribution < 1.29 is 4.79 Å². The molecule has 0 fully saturated rings. The van der Waals surface area contributed by atoms with E-state index in [1.165, 1.54) is 0 Å². The van der Waals surface area contributed by atoms with E-state index in [9.17, 15) is 4.79 Å². The molecule has 0 aromatic carbocycles. The SMILES string of the molecule is CC(=O)C(c1ccc[nH]1)c1ccc[nH]1. The second-order valence-corrected chi connectivity index (χ2v) is 3.29. The number of ketones is 1. The van der Waals surface area contributed by atoms with Crippen LogP contribution in [0.5, 0.6) is 0 Å². The normalized spacial score (nSPS) is 10.7. The van der Waals surface area contributed by atoms with E-state index in [-0.39, 0.29) is 11.7 Å². The summed E-state index contributed by atoms with van der Waals surface area (Å²) in [6.07, 6.45) is 3.66. The van der Waals surface area contributed by atoms with Crippen molar-refractivity contribution in [1.82, 2.24) is 9.97 Å². The average molecular weight is 188 g/mol. The second kappa shape index (κ2) is 3.54. The van der Waals surface area contributed by atoms with Crippen molar-refractivity contribution in [2.75, 3.05) is 0 Å². The van der Waals surface area contributed by atoms with Crippen molar-refractivity contribution in [3.63, 3.8) is 0 Å². The fourth-order valence-electron chi connectivity index (χ4n) is 1.65. The molecule has 0 bridgehead atoms. The number of aromatic nitrogens is 2. The Morgan fingerprint density at radius 2 is 1.64 bits per heavy atom. The number of carbonyl (C=O) groups is 1. The summed E-state index contributed by atoms with van der Waals surface area (Å²) in [5.41, 5.74) is 1.86. The van der Waals surface area contributed by atoms with Crippen LogP contribution in [-0.4, -0.2) is 15.8 Å². The molecule has 14 heavy (non-hydrogen) atoms. The van der Waals surface area contributed by atoms with E-state index in [1.54, 1.807) is 6.92 Å². The van der Waals surface area contributed by atoms with Gasteiger partial charge in [0.05, 0.1) is 5.92 Å². The number of H-pyrrole nitrogens is 2. The van der Waals surface area contributed by atoms with Gasteiger partial charge in [-0.15, -0.1) is 0 Å². The molecule has 0 saturated carbocycles. The van der Waals surface area contributed by atoms with Gasteiger partial charge in [0.25, 0.3) is 0 Å². The molecule has 3 heteroatoms. The molecule has 2 heterocycles. The van der Waals surface area contributed by atoms with E-state index in [0.717, 1.165) is 11.4 Å². The molecular formula is C11H12N2O. The Morgan fingerprint density at radius 3 is 1.93 bits per heavy atom.